The Balaban J connectivity index is 2.16. The van der Waals surface area contributed by atoms with Crippen LogP contribution in [-0.2, 0) is 0 Å². The number of aryl methyl sites for hydroxylation is 1. The maximum Gasteiger partial charge on any atom is 0.195 e. The number of nitrogens with one attached hydrogen (secondary N) is 2. The molecule has 1 aliphatic heterocycles. The summed E-state index contributed by atoms with van der Waals surface area (Å²) in [7, 11) is 0. The molecule has 0 fully saturated rings. The lowest BCUT2D eigenvalue weighted by Gasteiger charge is -2.09. The standard InChI is InChI=1S/C10H14N4/c1-7-6-8(11)2-3-9(7)14-10-12-4-5-13-10/h2-3,6H,4-5,11H2,1H3,(H2,12,13,14). The minimum Gasteiger partial charge on any atom is -0.399 e. The predicted octanol–water partition coefficient (Wildman–Crippen LogP) is 0.948. The molecule has 2 rings (SSSR count). The third-order valence-electron chi connectivity index (χ3n) is 2.18. The zero-order valence-electron chi connectivity index (χ0n) is 8.17. The number of anilines is 2. The molecule has 0 spiro atoms. The first-order chi connectivity index (χ1) is 6.75. The number of guanidine groups is 1. The van der Waals surface area contributed by atoms with Gasteiger partial charge in [-0.3, -0.25) is 4.99 Å². The van der Waals surface area contributed by atoms with Crippen LogP contribution in [0.4, 0.5) is 11.4 Å². The first kappa shape index (κ1) is 8.87. The van der Waals surface area contributed by atoms with Gasteiger partial charge in [-0.05, 0) is 30.7 Å². The maximum absolute atomic E-state index is 5.66. The highest BCUT2D eigenvalue weighted by molar-refractivity contribution is 5.95. The van der Waals surface area contributed by atoms with Crippen molar-refractivity contribution in [3.63, 3.8) is 0 Å². The molecule has 4 nitrogen and oxygen atoms in total. The van der Waals surface area contributed by atoms with E-state index >= 15 is 0 Å². The van der Waals surface area contributed by atoms with Gasteiger partial charge in [0.15, 0.2) is 5.96 Å². The van der Waals surface area contributed by atoms with Crippen molar-refractivity contribution in [3.8, 4) is 0 Å². The molecule has 1 heterocycles. The number of hydrogen-bond donors (Lipinski definition) is 3. The normalized spacial score (nSPS) is 14.8. The van der Waals surface area contributed by atoms with Gasteiger partial charge in [0.25, 0.3) is 0 Å². The minimum atomic E-state index is 0.786. The molecule has 0 saturated heterocycles. The third kappa shape index (κ3) is 1.79. The number of nitrogens with zero attached hydrogens (tertiary/aromatic N) is 1. The molecule has 4 heteroatoms. The Hall–Kier alpha value is -1.71. The molecule has 0 aromatic heterocycles. The summed E-state index contributed by atoms with van der Waals surface area (Å²) in [4.78, 5) is 4.26. The van der Waals surface area contributed by atoms with Crippen LogP contribution in [0.1, 0.15) is 5.56 Å². The molecule has 74 valence electrons. The second-order valence-corrected chi connectivity index (χ2v) is 3.36. The highest BCUT2D eigenvalue weighted by Crippen LogP contribution is 2.17. The number of benzene rings is 1. The zero-order valence-corrected chi connectivity index (χ0v) is 8.17. The van der Waals surface area contributed by atoms with Crippen molar-refractivity contribution in [2.45, 2.75) is 6.92 Å². The molecule has 0 amide bonds. The van der Waals surface area contributed by atoms with Crippen molar-refractivity contribution in [3.05, 3.63) is 23.8 Å². The Morgan fingerprint density at radius 2 is 2.36 bits per heavy atom. The lowest BCUT2D eigenvalue weighted by molar-refractivity contribution is 0.959. The van der Waals surface area contributed by atoms with Gasteiger partial charge in [0.1, 0.15) is 0 Å². The molecular weight excluding hydrogens is 176 g/mol. The summed E-state index contributed by atoms with van der Waals surface area (Å²) in [6.07, 6.45) is 0. The van der Waals surface area contributed by atoms with Crippen molar-refractivity contribution in [2.75, 3.05) is 24.1 Å². The van der Waals surface area contributed by atoms with Gasteiger partial charge in [0.05, 0.1) is 6.54 Å². The average molecular weight is 190 g/mol. The second-order valence-electron chi connectivity index (χ2n) is 3.36. The molecule has 0 bridgehead atoms. The smallest absolute Gasteiger partial charge is 0.195 e. The van der Waals surface area contributed by atoms with Crippen molar-refractivity contribution in [1.82, 2.24) is 5.32 Å². The van der Waals surface area contributed by atoms with Crippen LogP contribution in [0.3, 0.4) is 0 Å². The zero-order chi connectivity index (χ0) is 9.97. The molecule has 1 aliphatic rings. The fourth-order valence-corrected chi connectivity index (χ4v) is 1.44. The van der Waals surface area contributed by atoms with E-state index in [0.717, 1.165) is 36.0 Å². The van der Waals surface area contributed by atoms with Crippen LogP contribution in [0.2, 0.25) is 0 Å². The van der Waals surface area contributed by atoms with Gasteiger partial charge in [-0.25, -0.2) is 0 Å². The third-order valence-corrected chi connectivity index (χ3v) is 2.18. The molecule has 0 radical (unpaired) electrons. The molecular formula is C10H14N4. The molecule has 0 aliphatic carbocycles. The fraction of sp³-hybridized carbons (Fsp3) is 0.300. The molecule has 1 aromatic carbocycles. The first-order valence-electron chi connectivity index (χ1n) is 4.67. The van der Waals surface area contributed by atoms with Crippen molar-refractivity contribution < 1.29 is 0 Å². The van der Waals surface area contributed by atoms with Gasteiger partial charge in [-0.1, -0.05) is 0 Å². The summed E-state index contributed by atoms with van der Waals surface area (Å²) in [5, 5.41) is 6.37. The fourth-order valence-electron chi connectivity index (χ4n) is 1.44. The van der Waals surface area contributed by atoms with E-state index in [9.17, 15) is 0 Å². The van der Waals surface area contributed by atoms with E-state index < -0.39 is 0 Å². The Kier molecular flexibility index (Phi) is 2.26. The van der Waals surface area contributed by atoms with E-state index in [1.54, 1.807) is 0 Å². The largest absolute Gasteiger partial charge is 0.399 e. The van der Waals surface area contributed by atoms with E-state index in [1.807, 2.05) is 25.1 Å². The molecule has 4 N–H and O–H groups in total. The number of nitrogen functional groups attached to an aromatic ring is 1. The monoisotopic (exact) mass is 190 g/mol. The molecule has 0 atom stereocenters. The first-order valence-corrected chi connectivity index (χ1v) is 4.67. The SMILES string of the molecule is Cc1cc(N)ccc1NC1=NCCN1. The highest BCUT2D eigenvalue weighted by atomic mass is 15.2. The van der Waals surface area contributed by atoms with Crippen LogP contribution in [0.15, 0.2) is 23.2 Å². The van der Waals surface area contributed by atoms with Crippen LogP contribution in [0, 0.1) is 6.92 Å². The van der Waals surface area contributed by atoms with E-state index in [-0.39, 0.29) is 0 Å². The van der Waals surface area contributed by atoms with Crippen LogP contribution in [0.25, 0.3) is 0 Å². The van der Waals surface area contributed by atoms with Crippen molar-refractivity contribution in [2.24, 2.45) is 4.99 Å². The summed E-state index contributed by atoms with van der Waals surface area (Å²) >= 11 is 0. The topological polar surface area (TPSA) is 62.4 Å². The molecule has 0 unspecified atom stereocenters. The summed E-state index contributed by atoms with van der Waals surface area (Å²) in [5.74, 6) is 0.845. The van der Waals surface area contributed by atoms with E-state index in [2.05, 4.69) is 15.6 Å². The summed E-state index contributed by atoms with van der Waals surface area (Å²) < 4.78 is 0. The summed E-state index contributed by atoms with van der Waals surface area (Å²) in [5.41, 5.74) is 8.62. The summed E-state index contributed by atoms with van der Waals surface area (Å²) in [6.45, 7) is 3.78. The summed E-state index contributed by atoms with van der Waals surface area (Å²) in [6, 6.07) is 5.79. The Morgan fingerprint density at radius 3 is 3.00 bits per heavy atom. The molecule has 1 aromatic rings. The molecule has 14 heavy (non-hydrogen) atoms. The van der Waals surface area contributed by atoms with E-state index in [0.29, 0.717) is 0 Å². The Labute approximate surface area is 83.2 Å². The van der Waals surface area contributed by atoms with Gasteiger partial charge in [-0.2, -0.15) is 0 Å². The Morgan fingerprint density at radius 1 is 1.50 bits per heavy atom. The predicted molar refractivity (Wildman–Crippen MR) is 59.5 cm³/mol. The maximum atomic E-state index is 5.66. The van der Waals surface area contributed by atoms with Gasteiger partial charge < -0.3 is 16.4 Å². The van der Waals surface area contributed by atoms with Gasteiger partial charge in [-0.15, -0.1) is 0 Å². The van der Waals surface area contributed by atoms with Gasteiger partial charge in [0, 0.05) is 17.9 Å². The Bertz CT molecular complexity index is 370. The van der Waals surface area contributed by atoms with E-state index in [1.165, 1.54) is 0 Å². The van der Waals surface area contributed by atoms with Crippen molar-refractivity contribution >= 4 is 17.3 Å². The number of rotatable bonds is 1. The number of nitrogens with two attached hydrogens (primary N) is 1. The lowest BCUT2D eigenvalue weighted by Crippen LogP contribution is -2.26. The minimum absolute atomic E-state index is 0.786. The molecule has 0 saturated carbocycles. The van der Waals surface area contributed by atoms with Gasteiger partial charge in [0.2, 0.25) is 0 Å². The van der Waals surface area contributed by atoms with Crippen LogP contribution in [-0.4, -0.2) is 19.0 Å². The van der Waals surface area contributed by atoms with Crippen LogP contribution in [0.5, 0.6) is 0 Å². The van der Waals surface area contributed by atoms with Crippen LogP contribution < -0.4 is 16.4 Å². The second kappa shape index (κ2) is 3.57. The average Bonchev–Trinajstić information content (AvgIpc) is 2.62. The number of aliphatic imine (C=N–C) groups is 1. The highest BCUT2D eigenvalue weighted by Gasteiger charge is 2.06. The quantitative estimate of drug-likeness (QED) is 0.578. The van der Waals surface area contributed by atoms with Gasteiger partial charge >= 0.3 is 0 Å². The lowest BCUT2D eigenvalue weighted by atomic mass is 10.2. The number of hydrogen-bond acceptors (Lipinski definition) is 4. The van der Waals surface area contributed by atoms with Crippen LogP contribution >= 0.6 is 0 Å². The van der Waals surface area contributed by atoms with E-state index in [4.69, 9.17) is 5.73 Å². The van der Waals surface area contributed by atoms with Crippen molar-refractivity contribution in [1.29, 1.82) is 0 Å².